The molecule has 1 aliphatic heterocycles. The number of nitrogens with zero attached hydrogens (tertiary/aromatic N) is 1. The van der Waals surface area contributed by atoms with E-state index in [0.29, 0.717) is 6.32 Å². The maximum Gasteiger partial charge on any atom is 0.458 e. The van der Waals surface area contributed by atoms with Gasteiger partial charge >= 0.3 is 7.12 Å². The van der Waals surface area contributed by atoms with Gasteiger partial charge in [0.15, 0.2) is 0 Å². The third-order valence-corrected chi connectivity index (χ3v) is 1.66. The topological polar surface area (TPSA) is 42.2 Å². The third-order valence-electron chi connectivity index (χ3n) is 1.66. The van der Waals surface area contributed by atoms with Crippen molar-refractivity contribution < 1.29 is 9.31 Å². The van der Waals surface area contributed by atoms with E-state index in [9.17, 15) is 0 Å². The van der Waals surface area contributed by atoms with Crippen LogP contribution in [0.3, 0.4) is 0 Å². The second-order valence-corrected chi connectivity index (χ2v) is 2.79. The number of hydrogen-bond donors (Lipinski definition) is 0. The van der Waals surface area contributed by atoms with Gasteiger partial charge in [0.05, 0.1) is 6.07 Å². The zero-order valence-corrected chi connectivity index (χ0v) is 6.75. The molecule has 11 heavy (non-hydrogen) atoms. The van der Waals surface area contributed by atoms with Gasteiger partial charge in [0.2, 0.25) is 0 Å². The Morgan fingerprint density at radius 2 is 2.18 bits per heavy atom. The van der Waals surface area contributed by atoms with Crippen molar-refractivity contribution in [3.8, 4) is 6.07 Å². The SMILES string of the molecule is CC(C#N)CB1OCCCO1. The lowest BCUT2D eigenvalue weighted by Gasteiger charge is -2.20. The minimum absolute atomic E-state index is 0.0260. The van der Waals surface area contributed by atoms with Crippen molar-refractivity contribution in [2.24, 2.45) is 5.92 Å². The lowest BCUT2D eigenvalue weighted by atomic mass is 9.77. The zero-order valence-electron chi connectivity index (χ0n) is 6.75. The normalized spacial score (nSPS) is 20.9. The summed E-state index contributed by atoms with van der Waals surface area (Å²) >= 11 is 0. The Morgan fingerprint density at radius 1 is 1.55 bits per heavy atom. The van der Waals surface area contributed by atoms with Crippen LogP contribution < -0.4 is 0 Å². The molecule has 0 aromatic rings. The predicted molar refractivity (Wildman–Crippen MR) is 41.9 cm³/mol. The van der Waals surface area contributed by atoms with Gasteiger partial charge in [-0.2, -0.15) is 5.26 Å². The molecule has 1 atom stereocenters. The van der Waals surface area contributed by atoms with Crippen LogP contribution in [-0.4, -0.2) is 20.3 Å². The molecule has 1 aliphatic rings. The molecule has 1 saturated heterocycles. The Morgan fingerprint density at radius 3 is 2.73 bits per heavy atom. The molecule has 1 fully saturated rings. The summed E-state index contributed by atoms with van der Waals surface area (Å²) in [5.74, 6) is 0.0260. The molecule has 1 unspecified atom stereocenters. The summed E-state index contributed by atoms with van der Waals surface area (Å²) in [5, 5.41) is 8.50. The van der Waals surface area contributed by atoms with Crippen molar-refractivity contribution in [1.82, 2.24) is 0 Å². The van der Waals surface area contributed by atoms with Crippen LogP contribution in [0.1, 0.15) is 13.3 Å². The largest absolute Gasteiger partial charge is 0.458 e. The first-order valence-corrected chi connectivity index (χ1v) is 3.95. The highest BCUT2D eigenvalue weighted by molar-refractivity contribution is 6.44. The molecular formula is C7H12BNO2. The monoisotopic (exact) mass is 153 g/mol. The fraction of sp³-hybridized carbons (Fsp3) is 0.857. The smallest absolute Gasteiger partial charge is 0.411 e. The Bertz CT molecular complexity index is 151. The van der Waals surface area contributed by atoms with E-state index < -0.39 is 0 Å². The van der Waals surface area contributed by atoms with Gasteiger partial charge in [0.1, 0.15) is 0 Å². The summed E-state index contributed by atoms with van der Waals surface area (Å²) in [4.78, 5) is 0. The first kappa shape index (κ1) is 8.57. The summed E-state index contributed by atoms with van der Waals surface area (Å²) in [6.45, 7) is 3.41. The van der Waals surface area contributed by atoms with Crippen LogP contribution in [0.15, 0.2) is 0 Å². The van der Waals surface area contributed by atoms with Crippen molar-refractivity contribution in [1.29, 1.82) is 5.26 Å². The van der Waals surface area contributed by atoms with Crippen LogP contribution >= 0.6 is 0 Å². The molecule has 0 amide bonds. The molecule has 0 N–H and O–H groups in total. The zero-order chi connectivity index (χ0) is 8.10. The van der Waals surface area contributed by atoms with Crippen molar-refractivity contribution in [2.45, 2.75) is 19.7 Å². The van der Waals surface area contributed by atoms with E-state index in [1.54, 1.807) is 0 Å². The molecule has 1 rings (SSSR count). The first-order valence-electron chi connectivity index (χ1n) is 3.95. The average Bonchev–Trinajstić information content (AvgIpc) is 2.06. The van der Waals surface area contributed by atoms with E-state index in [-0.39, 0.29) is 13.0 Å². The van der Waals surface area contributed by atoms with Crippen LogP contribution in [0.4, 0.5) is 0 Å². The summed E-state index contributed by atoms with van der Waals surface area (Å²) in [7, 11) is -0.140. The van der Waals surface area contributed by atoms with Crippen LogP contribution in [0.5, 0.6) is 0 Å². The minimum Gasteiger partial charge on any atom is -0.411 e. The van der Waals surface area contributed by atoms with E-state index in [0.717, 1.165) is 19.6 Å². The fourth-order valence-electron chi connectivity index (χ4n) is 1.01. The highest BCUT2D eigenvalue weighted by Gasteiger charge is 2.23. The Kier molecular flexibility index (Phi) is 3.41. The van der Waals surface area contributed by atoms with E-state index in [4.69, 9.17) is 14.6 Å². The number of nitriles is 1. The highest BCUT2D eigenvalue weighted by Crippen LogP contribution is 2.11. The summed E-state index contributed by atoms with van der Waals surface area (Å²) in [6.07, 6.45) is 1.66. The molecule has 0 bridgehead atoms. The van der Waals surface area contributed by atoms with Gasteiger partial charge in [0.25, 0.3) is 0 Å². The van der Waals surface area contributed by atoms with E-state index in [1.807, 2.05) is 6.92 Å². The van der Waals surface area contributed by atoms with Crippen LogP contribution in [0.25, 0.3) is 0 Å². The second kappa shape index (κ2) is 4.37. The molecule has 60 valence electrons. The Balaban J connectivity index is 2.20. The van der Waals surface area contributed by atoms with Gasteiger partial charge in [-0.3, -0.25) is 0 Å². The molecule has 1 heterocycles. The fourth-order valence-corrected chi connectivity index (χ4v) is 1.01. The highest BCUT2D eigenvalue weighted by atomic mass is 16.6. The molecule has 0 saturated carbocycles. The molecule has 0 spiro atoms. The summed E-state index contributed by atoms with van der Waals surface area (Å²) in [5.41, 5.74) is 0. The van der Waals surface area contributed by atoms with E-state index in [2.05, 4.69) is 6.07 Å². The van der Waals surface area contributed by atoms with Gasteiger partial charge in [-0.25, -0.2) is 0 Å². The summed E-state index contributed by atoms with van der Waals surface area (Å²) < 4.78 is 10.6. The molecule has 0 radical (unpaired) electrons. The third kappa shape index (κ3) is 2.92. The number of rotatable bonds is 2. The molecule has 4 heteroatoms. The van der Waals surface area contributed by atoms with Gasteiger partial charge < -0.3 is 9.31 Å². The second-order valence-electron chi connectivity index (χ2n) is 2.79. The lowest BCUT2D eigenvalue weighted by Crippen LogP contribution is -2.30. The average molecular weight is 153 g/mol. The van der Waals surface area contributed by atoms with Crippen molar-refractivity contribution in [3.05, 3.63) is 0 Å². The Labute approximate surface area is 67.4 Å². The van der Waals surface area contributed by atoms with Gasteiger partial charge in [-0.1, -0.05) is 0 Å². The minimum atomic E-state index is -0.140. The molecule has 0 aromatic heterocycles. The molecule has 0 aromatic carbocycles. The predicted octanol–water partition coefficient (Wildman–Crippen LogP) is 1.07. The number of hydrogen-bond acceptors (Lipinski definition) is 3. The lowest BCUT2D eigenvalue weighted by molar-refractivity contribution is 0.132. The quantitative estimate of drug-likeness (QED) is 0.557. The van der Waals surface area contributed by atoms with Crippen LogP contribution in [0.2, 0.25) is 6.32 Å². The maximum absolute atomic E-state index is 8.50. The standard InChI is InChI=1S/C7H12BNO2/c1-7(6-9)5-8-10-3-2-4-11-8/h7H,2-5H2,1H3. The van der Waals surface area contributed by atoms with E-state index >= 15 is 0 Å². The van der Waals surface area contributed by atoms with Crippen LogP contribution in [0, 0.1) is 17.2 Å². The van der Waals surface area contributed by atoms with Gasteiger partial charge in [-0.15, -0.1) is 0 Å². The Hall–Kier alpha value is -0.525. The molecule has 3 nitrogen and oxygen atoms in total. The van der Waals surface area contributed by atoms with E-state index in [1.165, 1.54) is 0 Å². The first-order chi connectivity index (χ1) is 5.33. The summed E-state index contributed by atoms with van der Waals surface area (Å²) in [6, 6.07) is 2.15. The van der Waals surface area contributed by atoms with Crippen LogP contribution in [-0.2, 0) is 9.31 Å². The van der Waals surface area contributed by atoms with Crippen molar-refractivity contribution >= 4 is 7.12 Å². The maximum atomic E-state index is 8.50. The van der Waals surface area contributed by atoms with Crippen molar-refractivity contribution in [2.75, 3.05) is 13.2 Å². The molecule has 0 aliphatic carbocycles. The van der Waals surface area contributed by atoms with Gasteiger partial charge in [0, 0.05) is 19.1 Å². The van der Waals surface area contributed by atoms with Gasteiger partial charge in [-0.05, 0) is 19.7 Å². The van der Waals surface area contributed by atoms with Crippen molar-refractivity contribution in [3.63, 3.8) is 0 Å². The molecular weight excluding hydrogens is 141 g/mol.